The highest BCUT2D eigenvalue weighted by Gasteiger charge is 2.31. The molecule has 3 rings (SSSR count). The number of hydrogen-bond acceptors (Lipinski definition) is 3. The van der Waals surface area contributed by atoms with Gasteiger partial charge in [0.15, 0.2) is 0 Å². The van der Waals surface area contributed by atoms with Crippen LogP contribution in [0.4, 0.5) is 0 Å². The van der Waals surface area contributed by atoms with Crippen molar-refractivity contribution in [2.45, 2.75) is 31.4 Å². The number of carbonyl (C=O) groups excluding carboxylic acids is 1. The van der Waals surface area contributed by atoms with Gasteiger partial charge in [0.1, 0.15) is 5.69 Å². The molecule has 2 atom stereocenters. The van der Waals surface area contributed by atoms with Crippen LogP contribution in [0.3, 0.4) is 0 Å². The molecule has 0 unspecified atom stereocenters. The zero-order valence-corrected chi connectivity index (χ0v) is 11.8. The van der Waals surface area contributed by atoms with Gasteiger partial charge in [-0.1, -0.05) is 30.3 Å². The quantitative estimate of drug-likeness (QED) is 0.904. The minimum Gasteiger partial charge on any atom is -0.388 e. The van der Waals surface area contributed by atoms with E-state index >= 15 is 0 Å². The van der Waals surface area contributed by atoms with Crippen LogP contribution in [-0.4, -0.2) is 38.7 Å². The molecule has 1 aromatic carbocycles. The van der Waals surface area contributed by atoms with Gasteiger partial charge >= 0.3 is 0 Å². The number of nitrogens with zero attached hydrogens (tertiary/aromatic N) is 2. The van der Waals surface area contributed by atoms with Crippen molar-refractivity contribution in [3.8, 4) is 0 Å². The average molecular weight is 285 g/mol. The Kier molecular flexibility index (Phi) is 4.01. The number of carbonyl (C=O) groups is 1. The number of nitrogens with one attached hydrogen (secondary N) is 1. The van der Waals surface area contributed by atoms with Crippen LogP contribution >= 0.6 is 0 Å². The van der Waals surface area contributed by atoms with Crippen LogP contribution in [0, 0.1) is 0 Å². The molecule has 1 amide bonds. The van der Waals surface area contributed by atoms with E-state index in [2.05, 4.69) is 10.2 Å². The number of aliphatic hydroxyl groups is 1. The lowest BCUT2D eigenvalue weighted by molar-refractivity contribution is 0.0661. The van der Waals surface area contributed by atoms with Crippen molar-refractivity contribution in [2.24, 2.45) is 0 Å². The molecular formula is C16H19N3O2. The Morgan fingerprint density at radius 2 is 2.19 bits per heavy atom. The first-order valence-corrected chi connectivity index (χ1v) is 7.29. The second-order valence-corrected chi connectivity index (χ2v) is 5.43. The van der Waals surface area contributed by atoms with Crippen molar-refractivity contribution in [3.63, 3.8) is 0 Å². The number of aromatic amines is 1. The summed E-state index contributed by atoms with van der Waals surface area (Å²) in [6.45, 7) is 0.740. The van der Waals surface area contributed by atoms with Crippen molar-refractivity contribution < 1.29 is 9.90 Å². The van der Waals surface area contributed by atoms with E-state index < -0.39 is 6.10 Å². The Hall–Kier alpha value is -2.14. The van der Waals surface area contributed by atoms with Gasteiger partial charge in [-0.15, -0.1) is 0 Å². The number of rotatable bonds is 4. The topological polar surface area (TPSA) is 69.2 Å². The van der Waals surface area contributed by atoms with Gasteiger partial charge in [0, 0.05) is 18.8 Å². The van der Waals surface area contributed by atoms with Crippen molar-refractivity contribution in [2.75, 3.05) is 6.54 Å². The molecule has 2 heterocycles. The van der Waals surface area contributed by atoms with Crippen LogP contribution in [0.5, 0.6) is 0 Å². The van der Waals surface area contributed by atoms with Gasteiger partial charge in [-0.3, -0.25) is 9.89 Å². The highest BCUT2D eigenvalue weighted by Crippen LogP contribution is 2.28. The molecule has 21 heavy (non-hydrogen) atoms. The summed E-state index contributed by atoms with van der Waals surface area (Å²) in [4.78, 5) is 14.3. The zero-order chi connectivity index (χ0) is 14.7. The average Bonchev–Trinajstić information content (AvgIpc) is 3.19. The molecule has 1 fully saturated rings. The smallest absolute Gasteiger partial charge is 0.272 e. The molecule has 0 saturated carbocycles. The number of likely N-dealkylation sites (tertiary alicyclic amines) is 1. The number of benzene rings is 1. The first-order valence-electron chi connectivity index (χ1n) is 7.29. The second-order valence-electron chi connectivity index (χ2n) is 5.43. The van der Waals surface area contributed by atoms with Gasteiger partial charge in [0.05, 0.1) is 6.10 Å². The lowest BCUT2D eigenvalue weighted by atomic mass is 10.0. The monoisotopic (exact) mass is 285 g/mol. The number of aliphatic hydroxyl groups excluding tert-OH is 1. The Morgan fingerprint density at radius 1 is 1.38 bits per heavy atom. The van der Waals surface area contributed by atoms with E-state index in [1.54, 1.807) is 12.3 Å². The summed E-state index contributed by atoms with van der Waals surface area (Å²) in [5.41, 5.74) is 1.41. The first-order chi connectivity index (χ1) is 10.3. The molecule has 0 spiro atoms. The van der Waals surface area contributed by atoms with E-state index in [4.69, 9.17) is 0 Å². The lowest BCUT2D eigenvalue weighted by Crippen LogP contribution is -2.36. The van der Waals surface area contributed by atoms with Crippen LogP contribution in [0.25, 0.3) is 0 Å². The van der Waals surface area contributed by atoms with Gasteiger partial charge in [-0.2, -0.15) is 5.10 Å². The van der Waals surface area contributed by atoms with E-state index in [1.807, 2.05) is 35.2 Å². The van der Waals surface area contributed by atoms with Crippen molar-refractivity contribution >= 4 is 5.91 Å². The summed E-state index contributed by atoms with van der Waals surface area (Å²) in [6.07, 6.45) is 3.53. The van der Waals surface area contributed by atoms with Crippen LogP contribution in [0.1, 0.15) is 41.4 Å². The van der Waals surface area contributed by atoms with E-state index in [0.29, 0.717) is 12.1 Å². The number of hydrogen-bond donors (Lipinski definition) is 2. The molecule has 1 saturated heterocycles. The minimum absolute atomic E-state index is 0.0322. The van der Waals surface area contributed by atoms with Crippen molar-refractivity contribution in [1.82, 2.24) is 15.1 Å². The van der Waals surface area contributed by atoms with Crippen LogP contribution in [-0.2, 0) is 0 Å². The maximum atomic E-state index is 12.4. The molecule has 0 radical (unpaired) electrons. The van der Waals surface area contributed by atoms with Gasteiger partial charge in [-0.05, 0) is 30.9 Å². The summed E-state index contributed by atoms with van der Waals surface area (Å²) in [7, 11) is 0. The Bertz CT molecular complexity index is 583. The summed E-state index contributed by atoms with van der Waals surface area (Å²) >= 11 is 0. The highest BCUT2D eigenvalue weighted by atomic mass is 16.3. The maximum Gasteiger partial charge on any atom is 0.272 e. The molecule has 110 valence electrons. The normalized spacial score (nSPS) is 19.7. The van der Waals surface area contributed by atoms with E-state index in [-0.39, 0.29) is 11.9 Å². The van der Waals surface area contributed by atoms with Gasteiger partial charge < -0.3 is 10.0 Å². The van der Waals surface area contributed by atoms with Crippen LogP contribution in [0.2, 0.25) is 0 Å². The third-order valence-corrected chi connectivity index (χ3v) is 4.05. The molecule has 2 N–H and O–H groups in total. The maximum absolute atomic E-state index is 12.4. The van der Waals surface area contributed by atoms with Gasteiger partial charge in [0.2, 0.25) is 0 Å². The molecule has 1 aliphatic heterocycles. The molecule has 1 aliphatic rings. The first kappa shape index (κ1) is 13.8. The third-order valence-electron chi connectivity index (χ3n) is 4.05. The predicted octanol–water partition coefficient (Wildman–Crippen LogP) is 2.14. The van der Waals surface area contributed by atoms with Crippen molar-refractivity contribution in [1.29, 1.82) is 0 Å². The molecule has 2 aromatic rings. The number of H-pyrrole nitrogens is 1. The number of amides is 1. The standard InChI is InChI=1S/C16H19N3O2/c20-15(12-5-2-1-3-6-12)11-13-7-4-10-19(13)16(21)14-8-9-17-18-14/h1-3,5-6,8-9,13,15,20H,4,7,10-11H2,(H,17,18)/t13-,15+/m1/s1. The van der Waals surface area contributed by atoms with Gasteiger partial charge in [0.25, 0.3) is 5.91 Å². The SMILES string of the molecule is O=C(c1ccn[nH]1)N1CCC[C@@H]1C[C@H](O)c1ccccc1. The molecule has 5 nitrogen and oxygen atoms in total. The van der Waals surface area contributed by atoms with E-state index in [1.165, 1.54) is 0 Å². The van der Waals surface area contributed by atoms with Gasteiger partial charge in [-0.25, -0.2) is 0 Å². The lowest BCUT2D eigenvalue weighted by Gasteiger charge is -2.26. The Labute approximate surface area is 123 Å². The molecule has 0 bridgehead atoms. The van der Waals surface area contributed by atoms with Crippen LogP contribution < -0.4 is 0 Å². The molecule has 5 heteroatoms. The summed E-state index contributed by atoms with van der Waals surface area (Å²) in [6, 6.07) is 11.4. The molecular weight excluding hydrogens is 266 g/mol. The minimum atomic E-state index is -0.536. The summed E-state index contributed by atoms with van der Waals surface area (Å²) < 4.78 is 0. The number of aromatic nitrogens is 2. The van der Waals surface area contributed by atoms with E-state index in [9.17, 15) is 9.90 Å². The fraction of sp³-hybridized carbons (Fsp3) is 0.375. The summed E-state index contributed by atoms with van der Waals surface area (Å²) in [5.74, 6) is -0.0322. The second kappa shape index (κ2) is 6.10. The largest absolute Gasteiger partial charge is 0.388 e. The Morgan fingerprint density at radius 3 is 2.90 bits per heavy atom. The fourth-order valence-electron chi connectivity index (χ4n) is 2.95. The predicted molar refractivity (Wildman–Crippen MR) is 78.7 cm³/mol. The summed E-state index contributed by atoms with van der Waals surface area (Å²) in [5, 5.41) is 16.9. The van der Waals surface area contributed by atoms with Crippen molar-refractivity contribution in [3.05, 3.63) is 53.9 Å². The fourth-order valence-corrected chi connectivity index (χ4v) is 2.95. The van der Waals surface area contributed by atoms with E-state index in [0.717, 1.165) is 24.9 Å². The molecule has 0 aliphatic carbocycles. The zero-order valence-electron chi connectivity index (χ0n) is 11.8. The Balaban J connectivity index is 1.68. The molecule has 1 aromatic heterocycles. The highest BCUT2D eigenvalue weighted by molar-refractivity contribution is 5.92. The van der Waals surface area contributed by atoms with Crippen LogP contribution in [0.15, 0.2) is 42.6 Å². The third kappa shape index (κ3) is 2.97.